The van der Waals surface area contributed by atoms with Gasteiger partial charge in [-0.25, -0.2) is 4.98 Å². The molecule has 0 aromatic carbocycles. The zero-order chi connectivity index (χ0) is 14.6. The molecule has 0 fully saturated rings. The minimum Gasteiger partial charge on any atom is -0.368 e. The lowest BCUT2D eigenvalue weighted by Gasteiger charge is -2.21. The van der Waals surface area contributed by atoms with E-state index in [0.717, 1.165) is 24.3 Å². The molecule has 0 aliphatic carbocycles. The van der Waals surface area contributed by atoms with Gasteiger partial charge in [-0.05, 0) is 33.6 Å². The highest BCUT2D eigenvalue weighted by Crippen LogP contribution is 2.20. The summed E-state index contributed by atoms with van der Waals surface area (Å²) in [6.45, 7) is 7.09. The number of nitrogens with one attached hydrogen (secondary N) is 1. The first kappa shape index (κ1) is 15.6. The van der Waals surface area contributed by atoms with Gasteiger partial charge in [0.2, 0.25) is 5.91 Å². The molecule has 0 spiro atoms. The Morgan fingerprint density at radius 3 is 2.58 bits per heavy atom. The smallest absolute Gasteiger partial charge is 0.264 e. The average molecular weight is 283 g/mol. The molecule has 2 amide bonds. The molecule has 0 aliphatic rings. The van der Waals surface area contributed by atoms with E-state index in [1.165, 1.54) is 11.3 Å². The van der Waals surface area contributed by atoms with E-state index in [2.05, 4.69) is 17.2 Å². The topological polar surface area (TPSA) is 85.1 Å². The number of aryl methyl sites for hydroxylation is 2. The Balaban J connectivity index is 2.83. The van der Waals surface area contributed by atoms with Crippen LogP contribution in [0, 0.1) is 6.92 Å². The molecule has 0 atom stereocenters. The summed E-state index contributed by atoms with van der Waals surface area (Å²) in [5.74, 6) is -0.851. The number of hydrogen-bond acceptors (Lipinski definition) is 4. The van der Waals surface area contributed by atoms with E-state index >= 15 is 0 Å². The Labute approximate surface area is 117 Å². The Bertz CT molecular complexity index is 480. The van der Waals surface area contributed by atoms with Crippen molar-refractivity contribution in [3.05, 3.63) is 15.6 Å². The number of rotatable bonds is 6. The highest BCUT2D eigenvalue weighted by Gasteiger charge is 2.28. The second-order valence-corrected chi connectivity index (χ2v) is 6.15. The van der Waals surface area contributed by atoms with Crippen molar-refractivity contribution in [2.24, 2.45) is 5.73 Å². The highest BCUT2D eigenvalue weighted by atomic mass is 32.1. The fraction of sp³-hybridized carbons (Fsp3) is 0.615. The summed E-state index contributed by atoms with van der Waals surface area (Å²) in [6.07, 6.45) is 3.03. The van der Waals surface area contributed by atoms with Crippen molar-refractivity contribution in [3.8, 4) is 0 Å². The SMILES string of the molecule is CCCCc1nc(C)c(C(=O)NC(C)(C)C(N)=O)s1. The standard InChI is InChI=1S/C13H21N3O2S/c1-5-6-7-9-15-8(2)10(19-9)11(17)16-13(3,4)12(14)18/h5-7H2,1-4H3,(H2,14,18)(H,16,17). The Morgan fingerprint density at radius 2 is 2.05 bits per heavy atom. The first-order valence-corrected chi connectivity index (χ1v) is 7.18. The van der Waals surface area contributed by atoms with E-state index in [0.29, 0.717) is 10.6 Å². The molecule has 3 N–H and O–H groups in total. The number of unbranched alkanes of at least 4 members (excludes halogenated alkanes) is 1. The van der Waals surface area contributed by atoms with Crippen LogP contribution in [-0.4, -0.2) is 22.3 Å². The number of nitrogens with two attached hydrogens (primary N) is 1. The quantitative estimate of drug-likeness (QED) is 0.834. The minimum atomic E-state index is -1.06. The molecule has 1 rings (SSSR count). The first-order chi connectivity index (χ1) is 8.77. The Kier molecular flexibility index (Phi) is 5.05. The fourth-order valence-corrected chi connectivity index (χ4v) is 2.50. The van der Waals surface area contributed by atoms with E-state index in [9.17, 15) is 9.59 Å². The van der Waals surface area contributed by atoms with Crippen molar-refractivity contribution in [1.29, 1.82) is 0 Å². The number of thiazole rings is 1. The molecule has 1 heterocycles. The van der Waals surface area contributed by atoms with Crippen molar-refractivity contribution in [1.82, 2.24) is 10.3 Å². The average Bonchev–Trinajstić information content (AvgIpc) is 2.67. The third kappa shape index (κ3) is 4.02. The molecule has 6 heteroatoms. The zero-order valence-electron chi connectivity index (χ0n) is 11.9. The van der Waals surface area contributed by atoms with Gasteiger partial charge in [-0.1, -0.05) is 13.3 Å². The zero-order valence-corrected chi connectivity index (χ0v) is 12.7. The fourth-order valence-electron chi connectivity index (χ4n) is 1.50. The van der Waals surface area contributed by atoms with Crippen LogP contribution in [0.15, 0.2) is 0 Å². The second kappa shape index (κ2) is 6.14. The van der Waals surface area contributed by atoms with Crippen LogP contribution in [0.1, 0.15) is 54.0 Å². The molecule has 19 heavy (non-hydrogen) atoms. The molecule has 0 radical (unpaired) electrons. The summed E-state index contributed by atoms with van der Waals surface area (Å²) in [5.41, 5.74) is 4.88. The largest absolute Gasteiger partial charge is 0.368 e. The van der Waals surface area contributed by atoms with Crippen LogP contribution >= 0.6 is 11.3 Å². The molecule has 0 aliphatic heterocycles. The van der Waals surface area contributed by atoms with Crippen molar-refractivity contribution in [2.75, 3.05) is 0 Å². The van der Waals surface area contributed by atoms with Gasteiger partial charge in [-0.15, -0.1) is 11.3 Å². The molecular formula is C13H21N3O2S. The number of primary amides is 1. The van der Waals surface area contributed by atoms with Gasteiger partial charge >= 0.3 is 0 Å². The summed E-state index contributed by atoms with van der Waals surface area (Å²) in [7, 11) is 0. The molecule has 1 aromatic heterocycles. The predicted octanol–water partition coefficient (Wildman–Crippen LogP) is 1.79. The molecule has 0 bridgehead atoms. The maximum Gasteiger partial charge on any atom is 0.264 e. The summed E-state index contributed by atoms with van der Waals surface area (Å²) >= 11 is 1.38. The van der Waals surface area contributed by atoms with E-state index in [4.69, 9.17) is 5.73 Å². The summed E-state index contributed by atoms with van der Waals surface area (Å²) in [5, 5.41) is 3.60. The van der Waals surface area contributed by atoms with Crippen LogP contribution in [-0.2, 0) is 11.2 Å². The van der Waals surface area contributed by atoms with E-state index in [1.807, 2.05) is 0 Å². The number of nitrogens with zero attached hydrogens (tertiary/aromatic N) is 1. The number of hydrogen-bond donors (Lipinski definition) is 2. The third-order valence-corrected chi connectivity index (χ3v) is 4.05. The Morgan fingerprint density at radius 1 is 1.42 bits per heavy atom. The van der Waals surface area contributed by atoms with E-state index in [-0.39, 0.29) is 5.91 Å². The van der Waals surface area contributed by atoms with Gasteiger partial charge in [-0.2, -0.15) is 0 Å². The van der Waals surface area contributed by atoms with E-state index < -0.39 is 11.4 Å². The molecular weight excluding hydrogens is 262 g/mol. The van der Waals surface area contributed by atoms with Crippen molar-refractivity contribution < 1.29 is 9.59 Å². The van der Waals surface area contributed by atoms with Crippen LogP contribution < -0.4 is 11.1 Å². The van der Waals surface area contributed by atoms with Gasteiger partial charge in [0.1, 0.15) is 10.4 Å². The number of amides is 2. The third-order valence-electron chi connectivity index (χ3n) is 2.83. The second-order valence-electron chi connectivity index (χ2n) is 5.07. The monoisotopic (exact) mass is 283 g/mol. The highest BCUT2D eigenvalue weighted by molar-refractivity contribution is 7.13. The molecule has 0 saturated heterocycles. The van der Waals surface area contributed by atoms with Gasteiger partial charge in [0.05, 0.1) is 10.7 Å². The van der Waals surface area contributed by atoms with Crippen molar-refractivity contribution in [3.63, 3.8) is 0 Å². The lowest BCUT2D eigenvalue weighted by atomic mass is 10.1. The van der Waals surface area contributed by atoms with Crippen molar-refractivity contribution in [2.45, 2.75) is 52.5 Å². The van der Waals surface area contributed by atoms with Gasteiger partial charge < -0.3 is 11.1 Å². The summed E-state index contributed by atoms with van der Waals surface area (Å²) in [4.78, 5) is 28.3. The molecule has 1 aromatic rings. The lowest BCUT2D eigenvalue weighted by Crippen LogP contribution is -2.52. The normalized spacial score (nSPS) is 11.4. The number of aromatic nitrogens is 1. The van der Waals surface area contributed by atoms with Crippen molar-refractivity contribution >= 4 is 23.2 Å². The lowest BCUT2D eigenvalue weighted by molar-refractivity contribution is -0.122. The van der Waals surface area contributed by atoms with Gasteiger partial charge in [0.25, 0.3) is 5.91 Å². The van der Waals surface area contributed by atoms with Crippen LogP contribution in [0.25, 0.3) is 0 Å². The molecule has 5 nitrogen and oxygen atoms in total. The molecule has 0 unspecified atom stereocenters. The number of carbonyl (C=O) groups is 2. The summed E-state index contributed by atoms with van der Waals surface area (Å²) < 4.78 is 0. The minimum absolute atomic E-state index is 0.290. The van der Waals surface area contributed by atoms with Gasteiger partial charge in [0.15, 0.2) is 0 Å². The first-order valence-electron chi connectivity index (χ1n) is 6.36. The summed E-state index contributed by atoms with van der Waals surface area (Å²) in [6, 6.07) is 0. The van der Waals surface area contributed by atoms with Gasteiger partial charge in [-0.3, -0.25) is 9.59 Å². The van der Waals surface area contributed by atoms with Crippen LogP contribution in [0.3, 0.4) is 0 Å². The maximum atomic E-state index is 12.1. The molecule has 106 valence electrons. The molecule has 0 saturated carbocycles. The van der Waals surface area contributed by atoms with Crippen LogP contribution in [0.2, 0.25) is 0 Å². The predicted molar refractivity (Wildman–Crippen MR) is 76.2 cm³/mol. The van der Waals surface area contributed by atoms with Gasteiger partial charge in [0, 0.05) is 0 Å². The maximum absolute atomic E-state index is 12.1. The Hall–Kier alpha value is -1.43. The van der Waals surface area contributed by atoms with Crippen LogP contribution in [0.4, 0.5) is 0 Å². The van der Waals surface area contributed by atoms with E-state index in [1.54, 1.807) is 20.8 Å². The number of carbonyl (C=O) groups excluding carboxylic acids is 2. The van der Waals surface area contributed by atoms with Crippen LogP contribution in [0.5, 0.6) is 0 Å².